The van der Waals surface area contributed by atoms with Crippen LogP contribution in [0.1, 0.15) is 23.6 Å². The van der Waals surface area contributed by atoms with E-state index in [-0.39, 0.29) is 18.5 Å². The lowest BCUT2D eigenvalue weighted by molar-refractivity contribution is -0.155. The van der Waals surface area contributed by atoms with Crippen LogP contribution in [0.25, 0.3) is 0 Å². The number of carboxylic acids is 1. The number of carbonyl (C=O) groups is 2. The maximum Gasteiger partial charge on any atom is 0.323 e. The molecule has 5 nitrogen and oxygen atoms in total. The summed E-state index contributed by atoms with van der Waals surface area (Å²) in [5.74, 6) is -0.316. The van der Waals surface area contributed by atoms with Crippen LogP contribution in [0, 0.1) is 6.92 Å². The summed E-state index contributed by atoms with van der Waals surface area (Å²) < 4.78 is 5.17. The van der Waals surface area contributed by atoms with Gasteiger partial charge >= 0.3 is 5.97 Å². The van der Waals surface area contributed by atoms with Crippen LogP contribution in [-0.4, -0.2) is 35.5 Å². The molecule has 1 saturated heterocycles. The average molecular weight is 249 g/mol. The normalized spacial score (nSPS) is 18.4. The standard InChI is InChI=1S/C13H15NO4/c1-8-5-9(3-4-11(8)18-2)10-6-12(15)14(10)7-13(16)17/h3-5,10H,6-7H2,1-2H3,(H,16,17). The van der Waals surface area contributed by atoms with Crippen molar-refractivity contribution in [2.24, 2.45) is 0 Å². The molecule has 96 valence electrons. The third kappa shape index (κ3) is 2.16. The quantitative estimate of drug-likeness (QED) is 0.818. The zero-order chi connectivity index (χ0) is 13.3. The molecular formula is C13H15NO4. The number of hydrogen-bond donors (Lipinski definition) is 1. The zero-order valence-corrected chi connectivity index (χ0v) is 10.3. The summed E-state index contributed by atoms with van der Waals surface area (Å²) in [6.45, 7) is 1.68. The fourth-order valence-corrected chi connectivity index (χ4v) is 2.21. The number of aliphatic carboxylic acids is 1. The van der Waals surface area contributed by atoms with Crippen molar-refractivity contribution in [1.82, 2.24) is 4.90 Å². The number of benzene rings is 1. The van der Waals surface area contributed by atoms with Gasteiger partial charge in [-0.2, -0.15) is 0 Å². The van der Waals surface area contributed by atoms with Gasteiger partial charge in [0.15, 0.2) is 0 Å². The summed E-state index contributed by atoms with van der Waals surface area (Å²) >= 11 is 0. The molecule has 1 fully saturated rings. The lowest BCUT2D eigenvalue weighted by Crippen LogP contribution is -2.48. The SMILES string of the molecule is COc1ccc(C2CC(=O)N2CC(=O)O)cc1C. The van der Waals surface area contributed by atoms with E-state index in [9.17, 15) is 9.59 Å². The molecule has 5 heteroatoms. The number of rotatable bonds is 4. The molecule has 0 aliphatic carbocycles. The minimum Gasteiger partial charge on any atom is -0.496 e. The van der Waals surface area contributed by atoms with Crippen molar-refractivity contribution in [3.8, 4) is 5.75 Å². The van der Waals surface area contributed by atoms with E-state index in [1.807, 2.05) is 25.1 Å². The topological polar surface area (TPSA) is 66.8 Å². The number of carbonyl (C=O) groups excluding carboxylic acids is 1. The van der Waals surface area contributed by atoms with Crippen molar-refractivity contribution in [2.75, 3.05) is 13.7 Å². The number of carboxylic acid groups (broad SMARTS) is 1. The molecule has 1 aliphatic heterocycles. The van der Waals surface area contributed by atoms with E-state index in [0.29, 0.717) is 6.42 Å². The van der Waals surface area contributed by atoms with Gasteiger partial charge in [-0.15, -0.1) is 0 Å². The first kappa shape index (κ1) is 12.4. The largest absolute Gasteiger partial charge is 0.496 e. The predicted molar refractivity (Wildman–Crippen MR) is 64.4 cm³/mol. The Morgan fingerprint density at radius 2 is 2.28 bits per heavy atom. The van der Waals surface area contributed by atoms with Gasteiger partial charge in [-0.05, 0) is 24.1 Å². The lowest BCUT2D eigenvalue weighted by Gasteiger charge is -2.39. The van der Waals surface area contributed by atoms with Crippen LogP contribution in [0.2, 0.25) is 0 Å². The van der Waals surface area contributed by atoms with E-state index in [1.54, 1.807) is 7.11 Å². The van der Waals surface area contributed by atoms with Crippen LogP contribution in [0.5, 0.6) is 5.75 Å². The van der Waals surface area contributed by atoms with Gasteiger partial charge in [0.05, 0.1) is 19.6 Å². The number of β-lactam (4-membered cyclic amide) rings is 1. The molecule has 2 rings (SSSR count). The Kier molecular flexibility index (Phi) is 3.23. The summed E-state index contributed by atoms with van der Waals surface area (Å²) in [7, 11) is 1.60. The Bertz CT molecular complexity index is 498. The number of nitrogens with zero attached hydrogens (tertiary/aromatic N) is 1. The van der Waals surface area contributed by atoms with Gasteiger partial charge in [-0.3, -0.25) is 9.59 Å². The highest BCUT2D eigenvalue weighted by molar-refractivity contribution is 5.87. The third-order valence-electron chi connectivity index (χ3n) is 3.17. The van der Waals surface area contributed by atoms with E-state index < -0.39 is 5.97 Å². The second-order valence-corrected chi connectivity index (χ2v) is 4.36. The van der Waals surface area contributed by atoms with E-state index in [4.69, 9.17) is 9.84 Å². The maximum absolute atomic E-state index is 11.4. The number of likely N-dealkylation sites (tertiary alicyclic amines) is 1. The number of aryl methyl sites for hydroxylation is 1. The first-order chi connectivity index (χ1) is 8.52. The Morgan fingerprint density at radius 1 is 1.56 bits per heavy atom. The highest BCUT2D eigenvalue weighted by Gasteiger charge is 2.38. The minimum atomic E-state index is -0.988. The molecule has 1 N–H and O–H groups in total. The number of ether oxygens (including phenoxy) is 1. The second-order valence-electron chi connectivity index (χ2n) is 4.36. The van der Waals surface area contributed by atoms with Gasteiger partial charge in [-0.25, -0.2) is 0 Å². The van der Waals surface area contributed by atoms with Gasteiger partial charge < -0.3 is 14.7 Å². The Labute approximate surface area is 105 Å². The van der Waals surface area contributed by atoms with Crippen molar-refractivity contribution in [2.45, 2.75) is 19.4 Å². The average Bonchev–Trinajstić information content (AvgIpc) is 2.33. The molecule has 0 spiro atoms. The van der Waals surface area contributed by atoms with Crippen LogP contribution >= 0.6 is 0 Å². The molecule has 1 aromatic rings. The Morgan fingerprint density at radius 3 is 2.78 bits per heavy atom. The van der Waals surface area contributed by atoms with Gasteiger partial charge in [-0.1, -0.05) is 12.1 Å². The van der Waals surface area contributed by atoms with Gasteiger partial charge in [0.25, 0.3) is 0 Å². The Balaban J connectivity index is 2.19. The van der Waals surface area contributed by atoms with Crippen LogP contribution in [0.4, 0.5) is 0 Å². The molecule has 1 amide bonds. The maximum atomic E-state index is 11.4. The van der Waals surface area contributed by atoms with E-state index in [0.717, 1.165) is 16.9 Å². The Hall–Kier alpha value is -2.04. The molecule has 18 heavy (non-hydrogen) atoms. The molecule has 0 aromatic heterocycles. The molecular weight excluding hydrogens is 234 g/mol. The van der Waals surface area contributed by atoms with Crippen molar-refractivity contribution < 1.29 is 19.4 Å². The van der Waals surface area contributed by atoms with Gasteiger partial charge in [0.2, 0.25) is 5.91 Å². The van der Waals surface area contributed by atoms with Crippen LogP contribution in [0.15, 0.2) is 18.2 Å². The second kappa shape index (κ2) is 4.68. The predicted octanol–water partition coefficient (Wildman–Crippen LogP) is 1.36. The number of amides is 1. The fraction of sp³-hybridized carbons (Fsp3) is 0.385. The summed E-state index contributed by atoms with van der Waals surface area (Å²) in [5.41, 5.74) is 1.93. The monoisotopic (exact) mass is 249 g/mol. The van der Waals surface area contributed by atoms with Crippen LogP contribution < -0.4 is 4.74 Å². The van der Waals surface area contributed by atoms with Crippen molar-refractivity contribution in [3.63, 3.8) is 0 Å². The van der Waals surface area contributed by atoms with Crippen molar-refractivity contribution >= 4 is 11.9 Å². The molecule has 1 aliphatic rings. The van der Waals surface area contributed by atoms with E-state index >= 15 is 0 Å². The molecule has 0 radical (unpaired) electrons. The zero-order valence-electron chi connectivity index (χ0n) is 10.3. The highest BCUT2D eigenvalue weighted by atomic mass is 16.5. The first-order valence-electron chi connectivity index (χ1n) is 5.68. The molecule has 0 saturated carbocycles. The molecule has 1 aromatic carbocycles. The third-order valence-corrected chi connectivity index (χ3v) is 3.17. The summed E-state index contributed by atoms with van der Waals surface area (Å²) in [6, 6.07) is 5.52. The molecule has 1 heterocycles. The number of methoxy groups -OCH3 is 1. The van der Waals surface area contributed by atoms with E-state index in [2.05, 4.69) is 0 Å². The van der Waals surface area contributed by atoms with Gasteiger partial charge in [0, 0.05) is 0 Å². The summed E-state index contributed by atoms with van der Waals surface area (Å²) in [6.07, 6.45) is 0.374. The molecule has 1 atom stereocenters. The van der Waals surface area contributed by atoms with Crippen molar-refractivity contribution in [3.05, 3.63) is 29.3 Å². The van der Waals surface area contributed by atoms with Gasteiger partial charge in [0.1, 0.15) is 12.3 Å². The smallest absolute Gasteiger partial charge is 0.323 e. The summed E-state index contributed by atoms with van der Waals surface area (Å²) in [5, 5.41) is 8.75. The van der Waals surface area contributed by atoms with Crippen LogP contribution in [-0.2, 0) is 9.59 Å². The number of hydrogen-bond acceptors (Lipinski definition) is 3. The molecule has 0 bridgehead atoms. The van der Waals surface area contributed by atoms with Crippen LogP contribution in [0.3, 0.4) is 0 Å². The minimum absolute atomic E-state index is 0.115. The summed E-state index contributed by atoms with van der Waals surface area (Å²) in [4.78, 5) is 23.5. The van der Waals surface area contributed by atoms with E-state index in [1.165, 1.54) is 4.90 Å². The first-order valence-corrected chi connectivity index (χ1v) is 5.68. The highest BCUT2D eigenvalue weighted by Crippen LogP contribution is 2.35. The van der Waals surface area contributed by atoms with Crippen molar-refractivity contribution in [1.29, 1.82) is 0 Å². The fourth-order valence-electron chi connectivity index (χ4n) is 2.21. The lowest BCUT2D eigenvalue weighted by atomic mass is 9.92. The molecule has 1 unspecified atom stereocenters.